The van der Waals surface area contributed by atoms with Gasteiger partial charge in [0, 0.05) is 31.1 Å². The number of rotatable bonds is 6. The Hall–Kier alpha value is -2.62. The fraction of sp³-hybridized carbons (Fsp3) is 0.471. The van der Waals surface area contributed by atoms with E-state index in [0.29, 0.717) is 5.56 Å². The molecular weight excluding hydrogens is 311 g/mol. The highest BCUT2D eigenvalue weighted by molar-refractivity contribution is 5.78. The quantitative estimate of drug-likeness (QED) is 0.743. The van der Waals surface area contributed by atoms with Crippen LogP contribution in [0.25, 0.3) is 0 Å². The van der Waals surface area contributed by atoms with Crippen LogP contribution < -0.4 is 16.0 Å². The van der Waals surface area contributed by atoms with Gasteiger partial charge >= 0.3 is 6.03 Å². The molecule has 0 saturated heterocycles. The van der Waals surface area contributed by atoms with Crippen LogP contribution in [0.2, 0.25) is 0 Å². The lowest BCUT2D eigenvalue weighted by atomic mass is 10.1. The summed E-state index contributed by atoms with van der Waals surface area (Å²) < 4.78 is 13.6. The van der Waals surface area contributed by atoms with Gasteiger partial charge in [0.15, 0.2) is 0 Å². The molecule has 3 amide bonds. The maximum Gasteiger partial charge on any atom is 0.315 e. The van der Waals surface area contributed by atoms with Crippen molar-refractivity contribution in [1.82, 2.24) is 16.0 Å². The molecule has 0 aromatic heterocycles. The summed E-state index contributed by atoms with van der Waals surface area (Å²) >= 11 is 0. The molecule has 0 spiro atoms. The minimum absolute atomic E-state index is 0.0263. The number of benzene rings is 1. The Morgan fingerprint density at radius 2 is 2.00 bits per heavy atom. The summed E-state index contributed by atoms with van der Waals surface area (Å²) in [7, 11) is 0. The van der Waals surface area contributed by atoms with Gasteiger partial charge in [0.25, 0.3) is 0 Å². The second-order valence-corrected chi connectivity index (χ2v) is 5.83. The number of amides is 3. The van der Waals surface area contributed by atoms with Crippen molar-refractivity contribution in [2.75, 3.05) is 6.54 Å². The monoisotopic (exact) mass is 332 g/mol. The molecule has 1 aromatic rings. The van der Waals surface area contributed by atoms with Crippen LogP contribution in [0.15, 0.2) is 18.2 Å². The van der Waals surface area contributed by atoms with E-state index in [1.54, 1.807) is 0 Å². The molecule has 0 aliphatic heterocycles. The third-order valence-electron chi connectivity index (χ3n) is 3.97. The van der Waals surface area contributed by atoms with E-state index in [2.05, 4.69) is 16.0 Å². The first-order valence-corrected chi connectivity index (χ1v) is 8.08. The van der Waals surface area contributed by atoms with Crippen molar-refractivity contribution in [3.8, 4) is 6.07 Å². The molecule has 1 aliphatic rings. The molecule has 128 valence electrons. The molecule has 24 heavy (non-hydrogen) atoms. The number of nitrogens with one attached hydrogen (secondary N) is 3. The first kappa shape index (κ1) is 17.7. The average Bonchev–Trinajstić information content (AvgIpc) is 3.07. The number of nitriles is 1. The Balaban J connectivity index is 1.66. The minimum atomic E-state index is -0.481. The lowest BCUT2D eigenvalue weighted by molar-refractivity contribution is -0.121. The van der Waals surface area contributed by atoms with E-state index in [9.17, 15) is 14.0 Å². The van der Waals surface area contributed by atoms with Gasteiger partial charge in [0.05, 0.1) is 11.6 Å². The summed E-state index contributed by atoms with van der Waals surface area (Å²) in [6, 6.07) is 5.67. The Morgan fingerprint density at radius 3 is 2.71 bits per heavy atom. The minimum Gasteiger partial charge on any atom is -0.353 e. The van der Waals surface area contributed by atoms with Gasteiger partial charge in [-0.05, 0) is 31.0 Å². The maximum atomic E-state index is 13.6. The summed E-state index contributed by atoms with van der Waals surface area (Å²) in [4.78, 5) is 23.4. The predicted molar refractivity (Wildman–Crippen MR) is 86.4 cm³/mol. The number of nitrogens with zero attached hydrogens (tertiary/aromatic N) is 1. The first-order chi connectivity index (χ1) is 11.6. The van der Waals surface area contributed by atoms with E-state index in [-0.39, 0.29) is 37.0 Å². The Bertz CT molecular complexity index is 636. The normalized spacial score (nSPS) is 14.0. The number of hydrogen-bond acceptors (Lipinski definition) is 3. The lowest BCUT2D eigenvalue weighted by Gasteiger charge is -2.12. The van der Waals surface area contributed by atoms with E-state index in [0.717, 1.165) is 25.7 Å². The Kier molecular flexibility index (Phi) is 6.55. The number of urea groups is 1. The summed E-state index contributed by atoms with van der Waals surface area (Å²) in [5, 5.41) is 16.8. The van der Waals surface area contributed by atoms with Crippen LogP contribution in [0.1, 0.15) is 43.2 Å². The molecule has 1 saturated carbocycles. The van der Waals surface area contributed by atoms with Gasteiger partial charge in [-0.1, -0.05) is 12.8 Å². The summed E-state index contributed by atoms with van der Waals surface area (Å²) in [6.45, 7) is 0.187. The van der Waals surface area contributed by atoms with Gasteiger partial charge in [0.1, 0.15) is 5.82 Å². The molecule has 3 N–H and O–H groups in total. The molecular formula is C17H21FN4O2. The Morgan fingerprint density at radius 1 is 1.25 bits per heavy atom. The van der Waals surface area contributed by atoms with Gasteiger partial charge in [-0.15, -0.1) is 0 Å². The SMILES string of the molecule is N#Cc1ccc(F)c(CNC(=O)NCCC(=O)NC2CCCC2)c1. The van der Waals surface area contributed by atoms with Crippen LogP contribution in [0, 0.1) is 17.1 Å². The van der Waals surface area contributed by atoms with Crippen molar-refractivity contribution in [2.45, 2.75) is 44.7 Å². The highest BCUT2D eigenvalue weighted by Gasteiger charge is 2.16. The van der Waals surface area contributed by atoms with Crippen molar-refractivity contribution in [3.05, 3.63) is 35.1 Å². The third kappa shape index (κ3) is 5.54. The van der Waals surface area contributed by atoms with Crippen LogP contribution in [-0.4, -0.2) is 24.5 Å². The number of carbonyl (C=O) groups excluding carboxylic acids is 2. The molecule has 1 aromatic carbocycles. The smallest absolute Gasteiger partial charge is 0.315 e. The number of halogens is 1. The van der Waals surface area contributed by atoms with Gasteiger partial charge in [-0.2, -0.15) is 5.26 Å². The molecule has 0 unspecified atom stereocenters. The van der Waals surface area contributed by atoms with Crippen LogP contribution >= 0.6 is 0 Å². The van der Waals surface area contributed by atoms with Crippen LogP contribution in [0.3, 0.4) is 0 Å². The third-order valence-corrected chi connectivity index (χ3v) is 3.97. The molecule has 7 heteroatoms. The summed E-state index contributed by atoms with van der Waals surface area (Å²) in [5.41, 5.74) is 0.570. The van der Waals surface area contributed by atoms with Crippen molar-refractivity contribution in [1.29, 1.82) is 5.26 Å². The molecule has 0 atom stereocenters. The van der Waals surface area contributed by atoms with Crippen molar-refractivity contribution in [3.63, 3.8) is 0 Å². The fourth-order valence-electron chi connectivity index (χ4n) is 2.68. The van der Waals surface area contributed by atoms with Gasteiger partial charge < -0.3 is 16.0 Å². The zero-order valence-electron chi connectivity index (χ0n) is 13.4. The molecule has 0 radical (unpaired) electrons. The van der Waals surface area contributed by atoms with Gasteiger partial charge in [-0.25, -0.2) is 9.18 Å². The van der Waals surface area contributed by atoms with E-state index in [4.69, 9.17) is 5.26 Å². The van der Waals surface area contributed by atoms with Crippen LogP contribution in [0.5, 0.6) is 0 Å². The highest BCUT2D eigenvalue weighted by Crippen LogP contribution is 2.17. The zero-order valence-corrected chi connectivity index (χ0v) is 13.4. The van der Waals surface area contributed by atoms with Gasteiger partial charge in [-0.3, -0.25) is 4.79 Å². The predicted octanol–water partition coefficient (Wildman–Crippen LogP) is 1.95. The van der Waals surface area contributed by atoms with E-state index in [1.165, 1.54) is 18.2 Å². The fourth-order valence-corrected chi connectivity index (χ4v) is 2.68. The van der Waals surface area contributed by atoms with Crippen LogP contribution in [0.4, 0.5) is 9.18 Å². The summed E-state index contributed by atoms with van der Waals surface area (Å²) in [5.74, 6) is -0.555. The van der Waals surface area contributed by atoms with Crippen molar-refractivity contribution < 1.29 is 14.0 Å². The molecule has 2 rings (SSSR count). The van der Waals surface area contributed by atoms with E-state index in [1.807, 2.05) is 6.07 Å². The number of hydrogen-bond donors (Lipinski definition) is 3. The first-order valence-electron chi connectivity index (χ1n) is 8.08. The van der Waals surface area contributed by atoms with Crippen molar-refractivity contribution in [2.24, 2.45) is 0 Å². The summed E-state index contributed by atoms with van der Waals surface area (Å²) in [6.07, 6.45) is 4.55. The molecule has 0 heterocycles. The standard InChI is InChI=1S/C17H21FN4O2/c18-15-6-5-12(10-19)9-13(15)11-21-17(24)20-8-7-16(23)22-14-3-1-2-4-14/h5-6,9,14H,1-4,7-8,11H2,(H,22,23)(H2,20,21,24). The number of carbonyl (C=O) groups is 2. The van der Waals surface area contributed by atoms with Crippen molar-refractivity contribution >= 4 is 11.9 Å². The zero-order chi connectivity index (χ0) is 17.4. The second-order valence-electron chi connectivity index (χ2n) is 5.83. The van der Waals surface area contributed by atoms with E-state index < -0.39 is 11.8 Å². The Labute approximate surface area is 140 Å². The molecule has 1 fully saturated rings. The maximum absolute atomic E-state index is 13.6. The largest absolute Gasteiger partial charge is 0.353 e. The lowest BCUT2D eigenvalue weighted by Crippen LogP contribution is -2.39. The second kappa shape index (κ2) is 8.87. The molecule has 6 nitrogen and oxygen atoms in total. The van der Waals surface area contributed by atoms with E-state index >= 15 is 0 Å². The van der Waals surface area contributed by atoms with Crippen LogP contribution in [-0.2, 0) is 11.3 Å². The topological polar surface area (TPSA) is 94.0 Å². The molecule has 0 bridgehead atoms. The molecule has 1 aliphatic carbocycles. The highest BCUT2D eigenvalue weighted by atomic mass is 19.1. The average molecular weight is 332 g/mol. The van der Waals surface area contributed by atoms with Gasteiger partial charge in [0.2, 0.25) is 5.91 Å².